The molecule has 0 fully saturated rings. The number of aliphatic hydroxyl groups is 1. The molecule has 1 aliphatic carbocycles. The van der Waals surface area contributed by atoms with E-state index in [1.165, 1.54) is 0 Å². The highest BCUT2D eigenvalue weighted by Crippen LogP contribution is 2.36. The molecule has 116 valence electrons. The van der Waals surface area contributed by atoms with Crippen molar-refractivity contribution in [3.63, 3.8) is 0 Å². The molecule has 2 amide bonds. The van der Waals surface area contributed by atoms with Crippen molar-refractivity contribution in [1.29, 1.82) is 0 Å². The van der Waals surface area contributed by atoms with Crippen LogP contribution in [0.1, 0.15) is 43.1 Å². The fourth-order valence-electron chi connectivity index (χ4n) is 2.92. The number of fused-ring (bicyclic) bond motifs is 1. The Kier molecular flexibility index (Phi) is 4.69. The van der Waals surface area contributed by atoms with Gasteiger partial charge in [0.15, 0.2) is 0 Å². The first kappa shape index (κ1) is 15.6. The van der Waals surface area contributed by atoms with Crippen molar-refractivity contribution >= 4 is 6.03 Å². The number of phenols is 1. The van der Waals surface area contributed by atoms with E-state index in [0.717, 1.165) is 24.0 Å². The zero-order valence-corrected chi connectivity index (χ0v) is 12.4. The molecule has 0 spiro atoms. The molecule has 0 radical (unpaired) electrons. The molecule has 21 heavy (non-hydrogen) atoms. The predicted octanol–water partition coefficient (Wildman–Crippen LogP) is 0.907. The lowest BCUT2D eigenvalue weighted by molar-refractivity contribution is 0.110. The minimum Gasteiger partial charge on any atom is -0.508 e. The summed E-state index contributed by atoms with van der Waals surface area (Å²) in [6, 6.07) is 2.95. The number of carbonyl (C=O) groups is 1. The van der Waals surface area contributed by atoms with Crippen molar-refractivity contribution in [3.05, 3.63) is 28.8 Å². The second-order valence-electron chi connectivity index (χ2n) is 5.76. The number of carbonyl (C=O) groups excluding carboxylic acids is 1. The first-order valence-electron chi connectivity index (χ1n) is 7.21. The normalized spacial score (nSPS) is 21.1. The number of benzene rings is 1. The van der Waals surface area contributed by atoms with Crippen LogP contribution in [0.15, 0.2) is 12.1 Å². The van der Waals surface area contributed by atoms with Crippen LogP contribution in [0.2, 0.25) is 0 Å². The molecular weight excluding hydrogens is 270 g/mol. The smallest absolute Gasteiger partial charge is 0.312 e. The number of aromatic hydroxyl groups is 1. The van der Waals surface area contributed by atoms with Crippen LogP contribution in [0.3, 0.4) is 0 Å². The summed E-state index contributed by atoms with van der Waals surface area (Å²) in [5.74, 6) is 0.116. The van der Waals surface area contributed by atoms with E-state index in [2.05, 4.69) is 10.6 Å². The number of aliphatic hydroxyl groups excluding tert-OH is 1. The molecule has 2 atom stereocenters. The van der Waals surface area contributed by atoms with Gasteiger partial charge in [-0.2, -0.15) is 0 Å². The van der Waals surface area contributed by atoms with E-state index in [-0.39, 0.29) is 18.3 Å². The summed E-state index contributed by atoms with van der Waals surface area (Å²) in [4.78, 5) is 10.9. The van der Waals surface area contributed by atoms with E-state index in [1.54, 1.807) is 12.1 Å². The SMILES string of the molecule is CC(C)NC1CCc2c(ccc(O)c2CNC(N)=O)C1O. The Balaban J connectivity index is 2.28. The van der Waals surface area contributed by atoms with Gasteiger partial charge in [-0.3, -0.25) is 0 Å². The summed E-state index contributed by atoms with van der Waals surface area (Å²) >= 11 is 0. The average Bonchev–Trinajstić information content (AvgIpc) is 2.40. The van der Waals surface area contributed by atoms with Gasteiger partial charge in [0.1, 0.15) is 5.75 Å². The van der Waals surface area contributed by atoms with Crippen molar-refractivity contribution in [2.45, 2.75) is 51.4 Å². The predicted molar refractivity (Wildman–Crippen MR) is 79.9 cm³/mol. The molecule has 6 heteroatoms. The molecule has 0 bridgehead atoms. The summed E-state index contributed by atoms with van der Waals surface area (Å²) < 4.78 is 0. The third-order valence-corrected chi connectivity index (χ3v) is 3.83. The van der Waals surface area contributed by atoms with E-state index in [9.17, 15) is 15.0 Å². The van der Waals surface area contributed by atoms with Gasteiger partial charge in [-0.25, -0.2) is 4.79 Å². The van der Waals surface area contributed by atoms with Gasteiger partial charge in [-0.15, -0.1) is 0 Å². The number of hydrogen-bond donors (Lipinski definition) is 5. The number of hydrogen-bond acceptors (Lipinski definition) is 4. The maximum absolute atomic E-state index is 10.9. The fraction of sp³-hybridized carbons (Fsp3) is 0.533. The summed E-state index contributed by atoms with van der Waals surface area (Å²) in [5.41, 5.74) is 7.42. The van der Waals surface area contributed by atoms with Gasteiger partial charge in [-0.05, 0) is 30.0 Å². The molecule has 1 aliphatic rings. The lowest BCUT2D eigenvalue weighted by Gasteiger charge is -2.33. The third kappa shape index (κ3) is 3.46. The minimum atomic E-state index is -0.636. The molecule has 2 unspecified atom stereocenters. The molecule has 0 saturated carbocycles. The van der Waals surface area contributed by atoms with Crippen molar-refractivity contribution < 1.29 is 15.0 Å². The van der Waals surface area contributed by atoms with Crippen molar-refractivity contribution in [1.82, 2.24) is 10.6 Å². The fourth-order valence-corrected chi connectivity index (χ4v) is 2.92. The van der Waals surface area contributed by atoms with Crippen LogP contribution in [-0.2, 0) is 13.0 Å². The highest BCUT2D eigenvalue weighted by atomic mass is 16.3. The number of primary amides is 1. The number of nitrogens with two attached hydrogens (primary N) is 1. The first-order chi connectivity index (χ1) is 9.90. The first-order valence-corrected chi connectivity index (χ1v) is 7.21. The summed E-state index contributed by atoms with van der Waals surface area (Å²) in [5, 5.41) is 26.3. The lowest BCUT2D eigenvalue weighted by atomic mass is 9.82. The molecule has 2 rings (SSSR count). The van der Waals surface area contributed by atoms with E-state index >= 15 is 0 Å². The standard InChI is InChI=1S/C15H23N3O3/c1-8(2)18-12-5-3-9-10(14(12)20)4-6-13(19)11(9)7-17-15(16)21/h4,6,8,12,14,18-20H,3,5,7H2,1-2H3,(H3,16,17,21). The second kappa shape index (κ2) is 6.32. The molecule has 0 saturated heterocycles. The number of nitrogens with one attached hydrogen (secondary N) is 2. The Morgan fingerprint density at radius 2 is 2.19 bits per heavy atom. The minimum absolute atomic E-state index is 0.000933. The van der Waals surface area contributed by atoms with Crippen molar-refractivity contribution in [2.24, 2.45) is 5.73 Å². The Bertz CT molecular complexity index is 531. The van der Waals surface area contributed by atoms with Crippen LogP contribution < -0.4 is 16.4 Å². The van der Waals surface area contributed by atoms with E-state index in [1.807, 2.05) is 13.8 Å². The quantitative estimate of drug-likeness (QED) is 0.568. The van der Waals surface area contributed by atoms with Gasteiger partial charge in [0.25, 0.3) is 0 Å². The monoisotopic (exact) mass is 293 g/mol. The zero-order chi connectivity index (χ0) is 15.6. The number of rotatable bonds is 4. The Hall–Kier alpha value is -1.79. The molecule has 6 nitrogen and oxygen atoms in total. The lowest BCUT2D eigenvalue weighted by Crippen LogP contribution is -2.42. The number of phenolic OH excluding ortho intramolecular Hbond substituents is 1. The molecule has 6 N–H and O–H groups in total. The average molecular weight is 293 g/mol. The summed E-state index contributed by atoms with van der Waals surface area (Å²) in [6.45, 7) is 4.25. The van der Waals surface area contributed by atoms with Crippen molar-refractivity contribution in [2.75, 3.05) is 0 Å². The molecule has 0 heterocycles. The van der Waals surface area contributed by atoms with Crippen molar-refractivity contribution in [3.8, 4) is 5.75 Å². The third-order valence-electron chi connectivity index (χ3n) is 3.83. The summed E-state index contributed by atoms with van der Waals surface area (Å²) in [7, 11) is 0. The number of amides is 2. The Labute approximate surface area is 124 Å². The Morgan fingerprint density at radius 3 is 2.81 bits per heavy atom. The molecule has 0 aromatic heterocycles. The van der Waals surface area contributed by atoms with Crippen LogP contribution in [0.4, 0.5) is 4.79 Å². The molecular formula is C15H23N3O3. The van der Waals surface area contributed by atoms with Crippen LogP contribution in [0.5, 0.6) is 5.75 Å². The van der Waals surface area contributed by atoms with Crippen LogP contribution >= 0.6 is 0 Å². The van der Waals surface area contributed by atoms with Gasteiger partial charge >= 0.3 is 6.03 Å². The maximum atomic E-state index is 10.9. The van der Waals surface area contributed by atoms with Gasteiger partial charge in [-0.1, -0.05) is 19.9 Å². The topological polar surface area (TPSA) is 108 Å². The molecule has 0 aliphatic heterocycles. The van der Waals surface area contributed by atoms with Gasteiger partial charge in [0.2, 0.25) is 0 Å². The largest absolute Gasteiger partial charge is 0.508 e. The van der Waals surface area contributed by atoms with Crippen LogP contribution in [-0.4, -0.2) is 28.3 Å². The molecule has 1 aromatic rings. The highest BCUT2D eigenvalue weighted by Gasteiger charge is 2.30. The second-order valence-corrected chi connectivity index (χ2v) is 5.76. The van der Waals surface area contributed by atoms with Gasteiger partial charge in [0.05, 0.1) is 6.10 Å². The van der Waals surface area contributed by atoms with Crippen LogP contribution in [0, 0.1) is 0 Å². The van der Waals surface area contributed by atoms with Gasteiger partial charge < -0.3 is 26.6 Å². The maximum Gasteiger partial charge on any atom is 0.312 e. The highest BCUT2D eigenvalue weighted by molar-refractivity contribution is 5.71. The Morgan fingerprint density at radius 1 is 1.48 bits per heavy atom. The number of urea groups is 1. The van der Waals surface area contributed by atoms with E-state index in [4.69, 9.17) is 5.73 Å². The summed E-state index contributed by atoms with van der Waals surface area (Å²) in [6.07, 6.45) is 0.893. The van der Waals surface area contributed by atoms with Gasteiger partial charge in [0, 0.05) is 24.2 Å². The van der Waals surface area contributed by atoms with E-state index < -0.39 is 12.1 Å². The zero-order valence-electron chi connectivity index (χ0n) is 12.4. The molecule has 1 aromatic carbocycles. The van der Waals surface area contributed by atoms with E-state index in [0.29, 0.717) is 11.6 Å². The van der Waals surface area contributed by atoms with Crippen LogP contribution in [0.25, 0.3) is 0 Å².